The summed E-state index contributed by atoms with van der Waals surface area (Å²) in [5.41, 5.74) is 5.70. The second-order valence-electron chi connectivity index (χ2n) is 9.87. The number of nitro groups is 1. The van der Waals surface area contributed by atoms with Crippen molar-refractivity contribution in [1.82, 2.24) is 9.78 Å². The van der Waals surface area contributed by atoms with Crippen LogP contribution in [0.3, 0.4) is 0 Å². The summed E-state index contributed by atoms with van der Waals surface area (Å²) in [6.45, 7) is 7.55. The summed E-state index contributed by atoms with van der Waals surface area (Å²) in [5, 5.41) is 25.1. The number of non-ortho nitro benzene ring substituents is 1. The van der Waals surface area contributed by atoms with E-state index in [1.807, 2.05) is 57.2 Å². The molecule has 3 aromatic carbocycles. The second kappa shape index (κ2) is 10.5. The Balaban J connectivity index is 1.58. The molecule has 4 aromatic rings. The van der Waals surface area contributed by atoms with E-state index in [4.69, 9.17) is 0 Å². The highest BCUT2D eigenvalue weighted by molar-refractivity contribution is 6.09. The van der Waals surface area contributed by atoms with Gasteiger partial charge in [-0.2, -0.15) is 5.10 Å². The first kappa shape index (κ1) is 26.4. The predicted molar refractivity (Wildman–Crippen MR) is 153 cm³/mol. The smallest absolute Gasteiger partial charge is 0.269 e. The standard InChI is InChI=1S/C30H28N6O4/c1-17-7-5-9-22(14-17)33-29(37)24-16-31-35-27(21-8-6-10-23(15-21)36(39)40)26(20(4)32-28(24)35)30(38)34-25-12-11-18(2)13-19(25)3/h5-16,27,32H,1-4H3,(H,33,37)(H,34,38)/t27-/m0/s1. The summed E-state index contributed by atoms with van der Waals surface area (Å²) >= 11 is 0. The van der Waals surface area contributed by atoms with Gasteiger partial charge in [-0.05, 0) is 62.6 Å². The van der Waals surface area contributed by atoms with Gasteiger partial charge >= 0.3 is 0 Å². The topological polar surface area (TPSA) is 131 Å². The van der Waals surface area contributed by atoms with Crippen molar-refractivity contribution in [2.24, 2.45) is 0 Å². The fraction of sp³-hybridized carbons (Fsp3) is 0.167. The van der Waals surface area contributed by atoms with Gasteiger partial charge in [0.2, 0.25) is 0 Å². The minimum atomic E-state index is -0.831. The van der Waals surface area contributed by atoms with E-state index in [1.165, 1.54) is 23.0 Å². The molecule has 0 fully saturated rings. The molecule has 1 aromatic heterocycles. The lowest BCUT2D eigenvalue weighted by molar-refractivity contribution is -0.384. The minimum absolute atomic E-state index is 0.117. The van der Waals surface area contributed by atoms with E-state index < -0.39 is 11.0 Å². The first-order chi connectivity index (χ1) is 19.1. The second-order valence-corrected chi connectivity index (χ2v) is 9.87. The number of anilines is 3. The normalized spacial score (nSPS) is 14.2. The van der Waals surface area contributed by atoms with E-state index >= 15 is 0 Å². The highest BCUT2D eigenvalue weighted by Gasteiger charge is 2.36. The SMILES string of the molecule is CC1=C(C(=O)Nc2ccc(C)cc2C)[C@H](c2cccc([N+](=O)[O-])c2)n2ncc(C(=O)Nc3cccc(C)c3)c2N1. The van der Waals surface area contributed by atoms with Gasteiger partial charge in [-0.3, -0.25) is 19.7 Å². The number of nitrogens with zero attached hydrogens (tertiary/aromatic N) is 3. The lowest BCUT2D eigenvalue weighted by Gasteiger charge is -2.30. The molecular formula is C30H28N6O4. The summed E-state index contributed by atoms with van der Waals surface area (Å²) in [6, 6.07) is 18.4. The van der Waals surface area contributed by atoms with Crippen molar-refractivity contribution in [3.8, 4) is 0 Å². The largest absolute Gasteiger partial charge is 0.343 e. The van der Waals surface area contributed by atoms with E-state index in [0.29, 0.717) is 34.0 Å². The van der Waals surface area contributed by atoms with Gasteiger partial charge < -0.3 is 16.0 Å². The summed E-state index contributed by atoms with van der Waals surface area (Å²) in [6.07, 6.45) is 1.43. The molecule has 0 radical (unpaired) electrons. The molecule has 202 valence electrons. The van der Waals surface area contributed by atoms with Gasteiger partial charge in [0.05, 0.1) is 16.7 Å². The zero-order chi connectivity index (χ0) is 28.6. The molecular weight excluding hydrogens is 508 g/mol. The van der Waals surface area contributed by atoms with Crippen LogP contribution in [0.15, 0.2) is 84.2 Å². The van der Waals surface area contributed by atoms with Gasteiger partial charge in [0.15, 0.2) is 0 Å². The van der Waals surface area contributed by atoms with Gasteiger partial charge in [-0.15, -0.1) is 0 Å². The number of allylic oxidation sites excluding steroid dienone is 1. The molecule has 0 saturated carbocycles. The maximum atomic E-state index is 13.8. The molecule has 1 aliphatic rings. The van der Waals surface area contributed by atoms with E-state index in [-0.39, 0.29) is 23.1 Å². The monoisotopic (exact) mass is 536 g/mol. The Bertz CT molecular complexity index is 1700. The van der Waals surface area contributed by atoms with Crippen molar-refractivity contribution in [2.45, 2.75) is 33.7 Å². The minimum Gasteiger partial charge on any atom is -0.343 e. The number of carbonyl (C=O) groups is 2. The summed E-state index contributed by atoms with van der Waals surface area (Å²) in [7, 11) is 0. The van der Waals surface area contributed by atoms with Crippen LogP contribution in [-0.2, 0) is 4.79 Å². The molecule has 0 aliphatic carbocycles. The average Bonchev–Trinajstić information content (AvgIpc) is 3.33. The maximum Gasteiger partial charge on any atom is 0.269 e. The first-order valence-corrected chi connectivity index (χ1v) is 12.7. The summed E-state index contributed by atoms with van der Waals surface area (Å²) in [4.78, 5) is 38.2. The zero-order valence-electron chi connectivity index (χ0n) is 22.5. The number of hydrogen-bond donors (Lipinski definition) is 3. The van der Waals surface area contributed by atoms with Crippen molar-refractivity contribution in [3.05, 3.63) is 122 Å². The Labute approximate surface area is 230 Å². The van der Waals surface area contributed by atoms with Gasteiger partial charge in [-0.25, -0.2) is 4.68 Å². The predicted octanol–water partition coefficient (Wildman–Crippen LogP) is 5.90. The molecule has 0 unspecified atom stereocenters. The molecule has 0 spiro atoms. The van der Waals surface area contributed by atoms with Gasteiger partial charge in [-0.1, -0.05) is 42.0 Å². The van der Waals surface area contributed by atoms with Crippen molar-refractivity contribution < 1.29 is 14.5 Å². The molecule has 3 N–H and O–H groups in total. The summed E-state index contributed by atoms with van der Waals surface area (Å²) < 4.78 is 1.52. The van der Waals surface area contributed by atoms with Crippen LogP contribution in [0.2, 0.25) is 0 Å². The summed E-state index contributed by atoms with van der Waals surface area (Å²) in [5.74, 6) is -0.393. The number of carbonyl (C=O) groups excluding carboxylic acids is 2. The van der Waals surface area contributed by atoms with Crippen LogP contribution in [0.25, 0.3) is 0 Å². The third kappa shape index (κ3) is 5.06. The van der Waals surface area contributed by atoms with Crippen LogP contribution in [-0.4, -0.2) is 26.5 Å². The lowest BCUT2D eigenvalue weighted by atomic mass is 9.94. The molecule has 1 atom stereocenters. The molecule has 40 heavy (non-hydrogen) atoms. The number of hydrogen-bond acceptors (Lipinski definition) is 6. The van der Waals surface area contributed by atoms with Crippen LogP contribution in [0.5, 0.6) is 0 Å². The average molecular weight is 537 g/mol. The van der Waals surface area contributed by atoms with E-state index in [9.17, 15) is 19.7 Å². The number of aromatic nitrogens is 2. The maximum absolute atomic E-state index is 13.8. The van der Waals surface area contributed by atoms with E-state index in [1.54, 1.807) is 25.1 Å². The first-order valence-electron chi connectivity index (χ1n) is 12.7. The Morgan fingerprint density at radius 2 is 1.68 bits per heavy atom. The molecule has 0 saturated heterocycles. The van der Waals surface area contributed by atoms with Crippen molar-refractivity contribution in [1.29, 1.82) is 0 Å². The van der Waals surface area contributed by atoms with E-state index in [2.05, 4.69) is 21.0 Å². The molecule has 1 aliphatic heterocycles. The van der Waals surface area contributed by atoms with Crippen molar-refractivity contribution in [3.63, 3.8) is 0 Å². The van der Waals surface area contributed by atoms with Gasteiger partial charge in [0, 0.05) is 29.2 Å². The molecule has 0 bridgehead atoms. The van der Waals surface area contributed by atoms with Crippen LogP contribution in [0.4, 0.5) is 22.9 Å². The molecule has 2 amide bonds. The zero-order valence-corrected chi connectivity index (χ0v) is 22.5. The Morgan fingerprint density at radius 1 is 0.925 bits per heavy atom. The highest BCUT2D eigenvalue weighted by atomic mass is 16.6. The fourth-order valence-electron chi connectivity index (χ4n) is 4.90. The number of nitrogens with one attached hydrogen (secondary N) is 3. The number of amides is 2. The number of rotatable bonds is 6. The number of nitro benzene ring substituents is 1. The lowest BCUT2D eigenvalue weighted by Crippen LogP contribution is -2.32. The van der Waals surface area contributed by atoms with Crippen LogP contribution in [0.1, 0.15) is 45.6 Å². The third-order valence-corrected chi connectivity index (χ3v) is 6.82. The molecule has 5 rings (SSSR count). The van der Waals surface area contributed by atoms with Gasteiger partial charge in [0.1, 0.15) is 17.4 Å². The number of aryl methyl sites for hydroxylation is 3. The molecule has 10 heteroatoms. The fourth-order valence-corrected chi connectivity index (χ4v) is 4.90. The highest BCUT2D eigenvalue weighted by Crippen LogP contribution is 2.39. The molecule has 10 nitrogen and oxygen atoms in total. The number of fused-ring (bicyclic) bond motifs is 1. The Kier molecular flexibility index (Phi) is 6.91. The van der Waals surface area contributed by atoms with Gasteiger partial charge in [0.25, 0.3) is 17.5 Å². The molecule has 2 heterocycles. The Morgan fingerprint density at radius 3 is 2.40 bits per heavy atom. The van der Waals surface area contributed by atoms with Crippen molar-refractivity contribution >= 4 is 34.7 Å². The third-order valence-electron chi connectivity index (χ3n) is 6.82. The van der Waals surface area contributed by atoms with Crippen LogP contribution >= 0.6 is 0 Å². The number of benzene rings is 3. The quantitative estimate of drug-likeness (QED) is 0.208. The van der Waals surface area contributed by atoms with Crippen LogP contribution < -0.4 is 16.0 Å². The van der Waals surface area contributed by atoms with Crippen molar-refractivity contribution in [2.75, 3.05) is 16.0 Å². The van der Waals surface area contributed by atoms with E-state index in [0.717, 1.165) is 16.7 Å². The Hall–Kier alpha value is -5.25. The van der Waals surface area contributed by atoms with Crippen LogP contribution in [0, 0.1) is 30.9 Å².